The van der Waals surface area contributed by atoms with E-state index in [2.05, 4.69) is 10.3 Å². The molecule has 0 unspecified atom stereocenters. The van der Waals surface area contributed by atoms with Gasteiger partial charge in [-0.3, -0.25) is 4.79 Å². The summed E-state index contributed by atoms with van der Waals surface area (Å²) >= 11 is 0. The lowest BCUT2D eigenvalue weighted by molar-refractivity contribution is -0.115. The fourth-order valence-electron chi connectivity index (χ4n) is 2.04. The largest absolute Gasteiger partial charge is 0.405 e. The van der Waals surface area contributed by atoms with Gasteiger partial charge in [-0.25, -0.2) is 13.8 Å². The van der Waals surface area contributed by atoms with Crippen molar-refractivity contribution in [1.82, 2.24) is 9.88 Å². The number of halogens is 5. The molecular weight excluding hydrogens is 309 g/mol. The Morgan fingerprint density at radius 3 is 2.41 bits per heavy atom. The number of amides is 1. The fourth-order valence-corrected chi connectivity index (χ4v) is 2.04. The number of rotatable bonds is 3. The first-order valence-electron chi connectivity index (χ1n) is 6.60. The van der Waals surface area contributed by atoms with Crippen molar-refractivity contribution in [2.75, 3.05) is 25.0 Å². The molecule has 0 spiro atoms. The molecule has 1 aliphatic rings. The zero-order valence-corrected chi connectivity index (χ0v) is 11.5. The first-order chi connectivity index (χ1) is 10.2. The van der Waals surface area contributed by atoms with Crippen molar-refractivity contribution < 1.29 is 26.7 Å². The van der Waals surface area contributed by atoms with Gasteiger partial charge in [-0.1, -0.05) is 0 Å². The van der Waals surface area contributed by atoms with Crippen LogP contribution in [-0.2, 0) is 0 Å². The van der Waals surface area contributed by atoms with E-state index in [0.717, 1.165) is 6.20 Å². The molecule has 2 rings (SSSR count). The van der Waals surface area contributed by atoms with E-state index in [-0.39, 0.29) is 24.5 Å². The van der Waals surface area contributed by atoms with Crippen molar-refractivity contribution in [2.24, 2.45) is 0 Å². The second-order valence-corrected chi connectivity index (χ2v) is 5.05. The van der Waals surface area contributed by atoms with Gasteiger partial charge < -0.3 is 10.2 Å². The molecule has 0 bridgehead atoms. The molecule has 1 aliphatic heterocycles. The third-order valence-electron chi connectivity index (χ3n) is 3.26. The Bertz CT molecular complexity index is 519. The predicted molar refractivity (Wildman–Crippen MR) is 68.9 cm³/mol. The van der Waals surface area contributed by atoms with E-state index >= 15 is 0 Å². The number of likely N-dealkylation sites (tertiary alicyclic amines) is 1. The third-order valence-corrected chi connectivity index (χ3v) is 3.26. The van der Waals surface area contributed by atoms with Gasteiger partial charge in [-0.15, -0.1) is 0 Å². The minimum absolute atomic E-state index is 0.0148. The van der Waals surface area contributed by atoms with Gasteiger partial charge >= 0.3 is 6.18 Å². The van der Waals surface area contributed by atoms with Crippen molar-refractivity contribution in [1.29, 1.82) is 0 Å². The number of piperidine rings is 1. The lowest BCUT2D eigenvalue weighted by Gasteiger charge is -2.31. The van der Waals surface area contributed by atoms with E-state index in [1.165, 1.54) is 17.0 Å². The molecule has 0 aromatic carbocycles. The maximum atomic E-state index is 13.0. The molecule has 122 valence electrons. The second kappa shape index (κ2) is 6.05. The fraction of sp³-hybridized carbons (Fsp3) is 0.538. The number of hydrogen-bond donors (Lipinski definition) is 1. The highest BCUT2D eigenvalue weighted by Crippen LogP contribution is 2.28. The summed E-state index contributed by atoms with van der Waals surface area (Å²) < 4.78 is 62.2. The molecule has 1 saturated heterocycles. The average Bonchev–Trinajstić information content (AvgIpc) is 2.44. The molecule has 1 aromatic heterocycles. The highest BCUT2D eigenvalue weighted by molar-refractivity contribution is 5.94. The van der Waals surface area contributed by atoms with Crippen LogP contribution in [0.2, 0.25) is 0 Å². The van der Waals surface area contributed by atoms with Crippen LogP contribution in [0.3, 0.4) is 0 Å². The minimum Gasteiger partial charge on any atom is -0.361 e. The Morgan fingerprint density at radius 1 is 1.27 bits per heavy atom. The Balaban J connectivity index is 1.94. The van der Waals surface area contributed by atoms with E-state index in [4.69, 9.17) is 0 Å². The number of nitrogens with zero attached hydrogens (tertiary/aromatic N) is 2. The van der Waals surface area contributed by atoms with Crippen LogP contribution in [0.25, 0.3) is 0 Å². The summed E-state index contributed by atoms with van der Waals surface area (Å²) in [5.74, 6) is -3.22. The molecule has 1 fully saturated rings. The molecule has 0 saturated carbocycles. The summed E-state index contributed by atoms with van der Waals surface area (Å²) in [6, 6.07) is 2.57. The first kappa shape index (κ1) is 16.4. The monoisotopic (exact) mass is 323 g/mol. The van der Waals surface area contributed by atoms with Gasteiger partial charge in [0.2, 0.25) is 0 Å². The summed E-state index contributed by atoms with van der Waals surface area (Å²) in [5, 5.41) is 2.08. The van der Waals surface area contributed by atoms with Crippen molar-refractivity contribution in [3.05, 3.63) is 23.9 Å². The summed E-state index contributed by atoms with van der Waals surface area (Å²) in [5.41, 5.74) is 0.155. The van der Waals surface area contributed by atoms with Gasteiger partial charge in [0.05, 0.1) is 5.56 Å². The topological polar surface area (TPSA) is 45.2 Å². The molecule has 2 heterocycles. The molecule has 0 radical (unpaired) electrons. The summed E-state index contributed by atoms with van der Waals surface area (Å²) in [7, 11) is 0. The van der Waals surface area contributed by atoms with Crippen molar-refractivity contribution >= 4 is 11.7 Å². The normalized spacial score (nSPS) is 18.1. The van der Waals surface area contributed by atoms with Crippen LogP contribution in [-0.4, -0.2) is 47.5 Å². The second-order valence-electron chi connectivity index (χ2n) is 5.05. The highest BCUT2D eigenvalue weighted by Gasteiger charge is 2.35. The van der Waals surface area contributed by atoms with Gasteiger partial charge in [0.25, 0.3) is 11.8 Å². The summed E-state index contributed by atoms with van der Waals surface area (Å²) in [6.07, 6.45) is -4.02. The van der Waals surface area contributed by atoms with Gasteiger partial charge in [0, 0.05) is 32.1 Å². The number of carbonyl (C=O) groups is 1. The van der Waals surface area contributed by atoms with Crippen molar-refractivity contribution in [2.45, 2.75) is 24.9 Å². The maximum absolute atomic E-state index is 13.0. The van der Waals surface area contributed by atoms with Crippen molar-refractivity contribution in [3.63, 3.8) is 0 Å². The maximum Gasteiger partial charge on any atom is 0.405 e. The number of anilines is 1. The molecule has 0 aliphatic carbocycles. The van der Waals surface area contributed by atoms with Gasteiger partial charge in [-0.05, 0) is 12.1 Å². The SMILES string of the molecule is O=C(c1ccc(NCC(F)(F)F)nc1)N1CCC(F)(F)CC1. The zero-order valence-electron chi connectivity index (χ0n) is 11.5. The van der Waals surface area contributed by atoms with E-state index in [9.17, 15) is 26.7 Å². The Labute approximate surface area is 123 Å². The van der Waals surface area contributed by atoms with Gasteiger partial charge in [-0.2, -0.15) is 13.2 Å². The lowest BCUT2D eigenvalue weighted by Crippen LogP contribution is -2.42. The first-order valence-corrected chi connectivity index (χ1v) is 6.60. The smallest absolute Gasteiger partial charge is 0.361 e. The number of pyridine rings is 1. The highest BCUT2D eigenvalue weighted by atomic mass is 19.4. The van der Waals surface area contributed by atoms with Crippen LogP contribution >= 0.6 is 0 Å². The number of hydrogen-bond acceptors (Lipinski definition) is 3. The molecule has 22 heavy (non-hydrogen) atoms. The van der Waals surface area contributed by atoms with Crippen LogP contribution in [0.15, 0.2) is 18.3 Å². The van der Waals surface area contributed by atoms with Crippen LogP contribution < -0.4 is 5.32 Å². The number of aromatic nitrogens is 1. The number of carbonyl (C=O) groups excluding carboxylic acids is 1. The van der Waals surface area contributed by atoms with E-state index < -0.39 is 37.4 Å². The summed E-state index contributed by atoms with van der Waals surface area (Å²) in [4.78, 5) is 17.1. The Morgan fingerprint density at radius 2 is 1.91 bits per heavy atom. The van der Waals surface area contributed by atoms with E-state index in [1.54, 1.807) is 0 Å². The minimum atomic E-state index is -4.37. The van der Waals surface area contributed by atoms with Crippen LogP contribution in [0.4, 0.5) is 27.8 Å². The molecule has 1 amide bonds. The van der Waals surface area contributed by atoms with E-state index in [1.807, 2.05) is 0 Å². The third kappa shape index (κ3) is 4.54. The zero-order chi connectivity index (χ0) is 16.4. The molecule has 4 nitrogen and oxygen atoms in total. The molecule has 1 N–H and O–H groups in total. The molecule has 1 aromatic rings. The molecule has 9 heteroatoms. The Hall–Kier alpha value is -1.93. The quantitative estimate of drug-likeness (QED) is 0.870. The standard InChI is InChI=1S/C13H14F5N3O/c14-12(15)3-5-21(6-4-12)11(22)9-1-2-10(19-7-9)20-8-13(16,17)18/h1-2,7H,3-6,8H2,(H,19,20). The van der Waals surface area contributed by atoms with Crippen LogP contribution in [0.5, 0.6) is 0 Å². The summed E-state index contributed by atoms with van der Waals surface area (Å²) in [6.45, 7) is -1.34. The van der Waals surface area contributed by atoms with Crippen molar-refractivity contribution in [3.8, 4) is 0 Å². The molecular formula is C13H14F5N3O. The number of nitrogens with one attached hydrogen (secondary N) is 1. The van der Waals surface area contributed by atoms with Crippen LogP contribution in [0.1, 0.15) is 23.2 Å². The lowest BCUT2D eigenvalue weighted by atomic mass is 10.1. The average molecular weight is 323 g/mol. The Kier molecular flexibility index (Phi) is 4.52. The van der Waals surface area contributed by atoms with Gasteiger partial charge in [0.1, 0.15) is 12.4 Å². The number of alkyl halides is 5. The predicted octanol–water partition coefficient (Wildman–Crippen LogP) is 2.93. The molecule has 0 atom stereocenters. The van der Waals surface area contributed by atoms with E-state index in [0.29, 0.717) is 0 Å². The van der Waals surface area contributed by atoms with Gasteiger partial charge in [0.15, 0.2) is 0 Å². The van der Waals surface area contributed by atoms with Crippen LogP contribution in [0, 0.1) is 0 Å².